The third-order valence-corrected chi connectivity index (χ3v) is 3.42. The Morgan fingerprint density at radius 1 is 1.40 bits per heavy atom. The molecule has 1 heterocycles. The average Bonchev–Trinajstić information content (AvgIpc) is 3.05. The number of ketones is 1. The molecule has 1 N–H and O–H groups in total. The molecule has 0 aromatic heterocycles. The summed E-state index contributed by atoms with van der Waals surface area (Å²) in [6.07, 6.45) is 2.06. The molecule has 1 saturated carbocycles. The van der Waals surface area contributed by atoms with Gasteiger partial charge < -0.3 is 10.1 Å². The fourth-order valence-corrected chi connectivity index (χ4v) is 2.18. The van der Waals surface area contributed by atoms with Gasteiger partial charge >= 0.3 is 0 Å². The van der Waals surface area contributed by atoms with E-state index in [9.17, 15) is 4.79 Å². The first-order valence-corrected chi connectivity index (χ1v) is 5.22. The molecule has 0 bridgehead atoms. The Morgan fingerprint density at radius 3 is 2.87 bits per heavy atom. The maximum Gasteiger partial charge on any atom is 0.172 e. The lowest BCUT2D eigenvalue weighted by Crippen LogP contribution is -2.31. The molecule has 1 fully saturated rings. The van der Waals surface area contributed by atoms with Gasteiger partial charge in [-0.3, -0.25) is 4.79 Å². The summed E-state index contributed by atoms with van der Waals surface area (Å²) >= 11 is 0. The summed E-state index contributed by atoms with van der Waals surface area (Å²) in [5.41, 5.74) is 1.66. The fraction of sp³-hybridized carbons (Fsp3) is 0.417. The van der Waals surface area contributed by atoms with Gasteiger partial charge in [-0.2, -0.15) is 0 Å². The van der Waals surface area contributed by atoms with E-state index < -0.39 is 0 Å². The van der Waals surface area contributed by atoms with Gasteiger partial charge in [-0.25, -0.2) is 0 Å². The monoisotopic (exact) mass is 203 g/mol. The molecule has 0 amide bonds. The van der Waals surface area contributed by atoms with E-state index in [1.54, 1.807) is 7.11 Å². The molecule has 1 aliphatic heterocycles. The number of rotatable bonds is 1. The molecule has 1 aromatic rings. The summed E-state index contributed by atoms with van der Waals surface area (Å²) in [7, 11) is 1.63. The van der Waals surface area contributed by atoms with Crippen LogP contribution in [0.15, 0.2) is 18.2 Å². The molecule has 3 nitrogen and oxygen atoms in total. The van der Waals surface area contributed by atoms with E-state index >= 15 is 0 Å². The zero-order chi connectivity index (χ0) is 10.5. The van der Waals surface area contributed by atoms with E-state index in [-0.39, 0.29) is 5.41 Å². The predicted octanol–water partition coefficient (Wildman–Crippen LogP) is 2.08. The van der Waals surface area contributed by atoms with Gasteiger partial charge in [-0.05, 0) is 25.0 Å². The molecule has 1 spiro atoms. The van der Waals surface area contributed by atoms with Gasteiger partial charge in [-0.1, -0.05) is 0 Å². The topological polar surface area (TPSA) is 38.3 Å². The van der Waals surface area contributed by atoms with Gasteiger partial charge in [0.2, 0.25) is 0 Å². The quantitative estimate of drug-likeness (QED) is 0.759. The molecule has 3 rings (SSSR count). The van der Waals surface area contributed by atoms with Crippen LogP contribution in [-0.4, -0.2) is 19.4 Å². The summed E-state index contributed by atoms with van der Waals surface area (Å²) in [4.78, 5) is 12.1. The van der Waals surface area contributed by atoms with Gasteiger partial charge in [0.05, 0.1) is 12.5 Å². The van der Waals surface area contributed by atoms with Crippen LogP contribution in [-0.2, 0) is 0 Å². The molecule has 1 aliphatic carbocycles. The van der Waals surface area contributed by atoms with Crippen molar-refractivity contribution in [3.05, 3.63) is 23.8 Å². The number of hydrogen-bond donors (Lipinski definition) is 1. The van der Waals surface area contributed by atoms with E-state index in [1.807, 2.05) is 18.2 Å². The Kier molecular flexibility index (Phi) is 1.61. The molecule has 0 radical (unpaired) electrons. The van der Waals surface area contributed by atoms with Crippen LogP contribution in [0.4, 0.5) is 5.69 Å². The standard InChI is InChI=1S/C12H13NO2/c1-15-8-2-3-9-10(6-8)13-7-12(4-5-12)11(9)14/h2-3,6,13H,4-5,7H2,1H3. The molecule has 0 saturated heterocycles. The van der Waals surface area contributed by atoms with Crippen molar-refractivity contribution in [2.24, 2.45) is 5.41 Å². The lowest BCUT2D eigenvalue weighted by Gasteiger charge is -2.24. The number of Topliss-reactive ketones (excluding diaryl/α,β-unsaturated/α-hetero) is 1. The zero-order valence-electron chi connectivity index (χ0n) is 8.67. The number of fused-ring (bicyclic) bond motifs is 1. The second-order valence-corrected chi connectivity index (χ2v) is 4.37. The van der Waals surface area contributed by atoms with Crippen molar-refractivity contribution in [3.63, 3.8) is 0 Å². The number of carbonyl (C=O) groups is 1. The van der Waals surface area contributed by atoms with E-state index in [0.29, 0.717) is 5.78 Å². The zero-order valence-corrected chi connectivity index (χ0v) is 8.67. The molecule has 0 unspecified atom stereocenters. The molecule has 2 aliphatic rings. The second-order valence-electron chi connectivity index (χ2n) is 4.37. The minimum atomic E-state index is -0.0679. The fourth-order valence-electron chi connectivity index (χ4n) is 2.18. The van der Waals surface area contributed by atoms with Crippen LogP contribution in [0.3, 0.4) is 0 Å². The van der Waals surface area contributed by atoms with Crippen LogP contribution in [0.2, 0.25) is 0 Å². The van der Waals surface area contributed by atoms with Crippen molar-refractivity contribution in [2.75, 3.05) is 19.0 Å². The van der Waals surface area contributed by atoms with Gasteiger partial charge in [0.1, 0.15) is 5.75 Å². The van der Waals surface area contributed by atoms with Crippen LogP contribution in [0.25, 0.3) is 0 Å². The van der Waals surface area contributed by atoms with Gasteiger partial charge in [0.25, 0.3) is 0 Å². The number of benzene rings is 1. The summed E-state index contributed by atoms with van der Waals surface area (Å²) in [6.45, 7) is 0.784. The Morgan fingerprint density at radius 2 is 2.20 bits per heavy atom. The first-order chi connectivity index (χ1) is 7.25. The van der Waals surface area contributed by atoms with Crippen LogP contribution in [0.1, 0.15) is 23.2 Å². The Labute approximate surface area is 88.4 Å². The van der Waals surface area contributed by atoms with E-state index in [0.717, 1.165) is 36.4 Å². The van der Waals surface area contributed by atoms with Gasteiger partial charge in [0.15, 0.2) is 5.78 Å². The number of carbonyl (C=O) groups excluding carboxylic acids is 1. The summed E-state index contributed by atoms with van der Waals surface area (Å²) in [5.74, 6) is 1.10. The Hall–Kier alpha value is -1.51. The van der Waals surface area contributed by atoms with Crippen LogP contribution in [0.5, 0.6) is 5.75 Å². The largest absolute Gasteiger partial charge is 0.497 e. The maximum atomic E-state index is 12.1. The number of nitrogens with one attached hydrogen (secondary N) is 1. The third-order valence-electron chi connectivity index (χ3n) is 3.42. The van der Waals surface area contributed by atoms with Crippen molar-refractivity contribution in [1.29, 1.82) is 0 Å². The molecule has 1 aromatic carbocycles. The lowest BCUT2D eigenvalue weighted by molar-refractivity contribution is 0.0903. The number of methoxy groups -OCH3 is 1. The molecule has 0 atom stereocenters. The molecule has 3 heteroatoms. The summed E-state index contributed by atoms with van der Waals surface area (Å²) in [5, 5.41) is 3.32. The average molecular weight is 203 g/mol. The number of anilines is 1. The highest BCUT2D eigenvalue weighted by Crippen LogP contribution is 2.51. The van der Waals surface area contributed by atoms with Crippen LogP contribution >= 0.6 is 0 Å². The van der Waals surface area contributed by atoms with Crippen molar-refractivity contribution in [3.8, 4) is 5.75 Å². The van der Waals surface area contributed by atoms with Gasteiger partial charge in [-0.15, -0.1) is 0 Å². The number of ether oxygens (including phenoxy) is 1. The molecule has 78 valence electrons. The van der Waals surface area contributed by atoms with E-state index in [4.69, 9.17) is 4.74 Å². The highest BCUT2D eigenvalue weighted by Gasteiger charge is 2.52. The van der Waals surface area contributed by atoms with Crippen LogP contribution in [0, 0.1) is 5.41 Å². The van der Waals surface area contributed by atoms with E-state index in [1.165, 1.54) is 0 Å². The maximum absolute atomic E-state index is 12.1. The summed E-state index contributed by atoms with van der Waals surface area (Å²) in [6, 6.07) is 5.60. The lowest BCUT2D eigenvalue weighted by atomic mass is 9.90. The molecule has 15 heavy (non-hydrogen) atoms. The SMILES string of the molecule is COc1ccc2c(c1)NCC1(CC1)C2=O. The highest BCUT2D eigenvalue weighted by molar-refractivity contribution is 6.08. The smallest absolute Gasteiger partial charge is 0.172 e. The predicted molar refractivity (Wildman–Crippen MR) is 57.5 cm³/mol. The normalized spacial score (nSPS) is 20.7. The Bertz CT molecular complexity index is 435. The minimum Gasteiger partial charge on any atom is -0.497 e. The number of hydrogen-bond acceptors (Lipinski definition) is 3. The van der Waals surface area contributed by atoms with Crippen molar-refractivity contribution in [2.45, 2.75) is 12.8 Å². The van der Waals surface area contributed by atoms with E-state index in [2.05, 4.69) is 5.32 Å². The minimum absolute atomic E-state index is 0.0679. The molecular weight excluding hydrogens is 190 g/mol. The van der Waals surface area contributed by atoms with Crippen molar-refractivity contribution in [1.82, 2.24) is 0 Å². The van der Waals surface area contributed by atoms with Gasteiger partial charge in [0, 0.05) is 23.9 Å². The molecular formula is C12H13NO2. The first kappa shape index (κ1) is 8.77. The first-order valence-electron chi connectivity index (χ1n) is 5.22. The Balaban J connectivity index is 2.05. The third kappa shape index (κ3) is 1.16. The highest BCUT2D eigenvalue weighted by atomic mass is 16.5. The van der Waals surface area contributed by atoms with Crippen LogP contribution < -0.4 is 10.1 Å². The second kappa shape index (κ2) is 2.75. The summed E-state index contributed by atoms with van der Waals surface area (Å²) < 4.78 is 5.13. The van der Waals surface area contributed by atoms with Crippen molar-refractivity contribution < 1.29 is 9.53 Å². The van der Waals surface area contributed by atoms with Crippen molar-refractivity contribution >= 4 is 11.5 Å².